The van der Waals surface area contributed by atoms with E-state index in [1.165, 1.54) is 12.0 Å². The predicted octanol–water partition coefficient (Wildman–Crippen LogP) is 4.86. The van der Waals surface area contributed by atoms with Crippen LogP contribution in [0.5, 0.6) is 0 Å². The van der Waals surface area contributed by atoms with E-state index in [1.54, 1.807) is 14.2 Å². The van der Waals surface area contributed by atoms with E-state index in [9.17, 15) is 4.79 Å². The SMILES string of the molecule is C=C1C[C@]2(C)C(=O)[C@H](C)CC2C2C(C)CC3CC(OC)(OC)CCC3C12. The molecule has 0 radical (unpaired) electrons. The zero-order valence-electron chi connectivity index (χ0n) is 17.2. The summed E-state index contributed by atoms with van der Waals surface area (Å²) in [5.74, 6) is 4.09. The van der Waals surface area contributed by atoms with Gasteiger partial charge in [0, 0.05) is 38.4 Å². The number of allylic oxidation sites excluding steroid dienone is 1. The molecule has 4 fully saturated rings. The van der Waals surface area contributed by atoms with Gasteiger partial charge >= 0.3 is 0 Å². The van der Waals surface area contributed by atoms with E-state index in [2.05, 4.69) is 27.4 Å². The van der Waals surface area contributed by atoms with Crippen LogP contribution in [-0.4, -0.2) is 25.8 Å². The second-order valence-corrected chi connectivity index (χ2v) is 10.2. The number of ketones is 1. The van der Waals surface area contributed by atoms with E-state index in [1.807, 2.05) is 0 Å². The monoisotopic (exact) mass is 360 g/mol. The van der Waals surface area contributed by atoms with Crippen molar-refractivity contribution in [3.05, 3.63) is 12.2 Å². The Bertz CT molecular complexity index is 607. The van der Waals surface area contributed by atoms with E-state index in [0.29, 0.717) is 41.3 Å². The molecule has 4 aliphatic carbocycles. The van der Waals surface area contributed by atoms with Crippen molar-refractivity contribution in [1.82, 2.24) is 0 Å². The Morgan fingerprint density at radius 3 is 2.50 bits per heavy atom. The van der Waals surface area contributed by atoms with Crippen LogP contribution in [0.25, 0.3) is 0 Å². The van der Waals surface area contributed by atoms with Crippen LogP contribution < -0.4 is 0 Å². The molecule has 0 aromatic heterocycles. The van der Waals surface area contributed by atoms with Gasteiger partial charge in [-0.3, -0.25) is 4.79 Å². The summed E-state index contributed by atoms with van der Waals surface area (Å²) >= 11 is 0. The number of rotatable bonds is 2. The highest BCUT2D eigenvalue weighted by Crippen LogP contribution is 2.65. The second kappa shape index (κ2) is 6.17. The van der Waals surface area contributed by atoms with Gasteiger partial charge in [-0.15, -0.1) is 0 Å². The van der Waals surface area contributed by atoms with Gasteiger partial charge in [-0.1, -0.05) is 32.9 Å². The zero-order chi connectivity index (χ0) is 18.9. The first-order chi connectivity index (χ1) is 12.3. The molecule has 0 saturated heterocycles. The number of carbonyl (C=O) groups excluding carboxylic acids is 1. The highest BCUT2D eigenvalue weighted by Gasteiger charge is 2.62. The van der Waals surface area contributed by atoms with Gasteiger partial charge in [-0.05, 0) is 61.2 Å². The maximum absolute atomic E-state index is 13.0. The van der Waals surface area contributed by atoms with Crippen LogP contribution in [0.1, 0.15) is 59.3 Å². The molecule has 8 atom stereocenters. The summed E-state index contributed by atoms with van der Waals surface area (Å²) in [6, 6.07) is 0. The van der Waals surface area contributed by atoms with Crippen LogP contribution in [-0.2, 0) is 14.3 Å². The normalized spacial score (nSPS) is 50.1. The summed E-state index contributed by atoms with van der Waals surface area (Å²) in [5, 5.41) is 0. The Kier molecular flexibility index (Phi) is 4.43. The Labute approximate surface area is 158 Å². The third-order valence-corrected chi connectivity index (χ3v) is 8.96. The zero-order valence-corrected chi connectivity index (χ0v) is 17.2. The molecule has 4 rings (SSSR count). The second-order valence-electron chi connectivity index (χ2n) is 10.2. The topological polar surface area (TPSA) is 35.5 Å². The van der Waals surface area contributed by atoms with Crippen molar-refractivity contribution in [3.8, 4) is 0 Å². The van der Waals surface area contributed by atoms with E-state index < -0.39 is 5.79 Å². The standard InChI is InChI=1S/C23H36O3/c1-13-9-16-12-23(25-5,26-6)8-7-17(16)19-15(3)11-22(4)18(20(13)19)10-14(2)21(22)24/h13-14,16-20H,3,7-12H2,1-2,4-6H3/t13?,14-,16?,17?,18?,19?,20?,22+/m1/s1. The third kappa shape index (κ3) is 2.42. The molecular weight excluding hydrogens is 324 g/mol. The Morgan fingerprint density at radius 2 is 1.85 bits per heavy atom. The van der Waals surface area contributed by atoms with Crippen LogP contribution in [0.3, 0.4) is 0 Å². The van der Waals surface area contributed by atoms with Crippen LogP contribution in [0.2, 0.25) is 0 Å². The van der Waals surface area contributed by atoms with Crippen LogP contribution >= 0.6 is 0 Å². The Hall–Kier alpha value is -0.670. The summed E-state index contributed by atoms with van der Waals surface area (Å²) in [6.45, 7) is 11.4. The lowest BCUT2D eigenvalue weighted by molar-refractivity contribution is -0.247. The molecule has 0 N–H and O–H groups in total. The first-order valence-corrected chi connectivity index (χ1v) is 10.6. The van der Waals surface area contributed by atoms with E-state index in [0.717, 1.165) is 32.1 Å². The lowest BCUT2D eigenvalue weighted by Crippen LogP contribution is -2.54. The van der Waals surface area contributed by atoms with Gasteiger partial charge in [-0.25, -0.2) is 0 Å². The molecule has 0 aromatic carbocycles. The lowest BCUT2D eigenvalue weighted by Gasteiger charge is -2.59. The summed E-state index contributed by atoms with van der Waals surface area (Å²) in [7, 11) is 3.57. The fraction of sp³-hybridized carbons (Fsp3) is 0.870. The minimum absolute atomic E-state index is 0.157. The summed E-state index contributed by atoms with van der Waals surface area (Å²) in [6.07, 6.45) is 6.38. The molecule has 0 amide bonds. The molecule has 6 unspecified atom stereocenters. The number of ether oxygens (including phenoxy) is 2. The minimum atomic E-state index is -0.393. The molecule has 3 nitrogen and oxygen atoms in total. The number of fused-ring (bicyclic) bond motifs is 5. The van der Waals surface area contributed by atoms with Gasteiger partial charge in [0.05, 0.1) is 0 Å². The maximum atomic E-state index is 13.0. The van der Waals surface area contributed by atoms with E-state index >= 15 is 0 Å². The van der Waals surface area contributed by atoms with Crippen molar-refractivity contribution < 1.29 is 14.3 Å². The summed E-state index contributed by atoms with van der Waals surface area (Å²) in [5.41, 5.74) is 1.20. The number of carbonyl (C=O) groups is 1. The molecule has 4 aliphatic rings. The molecule has 26 heavy (non-hydrogen) atoms. The molecule has 146 valence electrons. The van der Waals surface area contributed by atoms with Crippen molar-refractivity contribution in [2.75, 3.05) is 14.2 Å². The Morgan fingerprint density at radius 1 is 1.15 bits per heavy atom. The number of methoxy groups -OCH3 is 2. The fourth-order valence-electron chi connectivity index (χ4n) is 7.84. The largest absolute Gasteiger partial charge is 0.353 e. The maximum Gasteiger partial charge on any atom is 0.167 e. The predicted molar refractivity (Wildman–Crippen MR) is 102 cm³/mol. The highest BCUT2D eigenvalue weighted by atomic mass is 16.7. The van der Waals surface area contributed by atoms with Crippen molar-refractivity contribution in [2.24, 2.45) is 46.8 Å². The molecule has 0 aliphatic heterocycles. The van der Waals surface area contributed by atoms with Crippen LogP contribution in [0.4, 0.5) is 0 Å². The summed E-state index contributed by atoms with van der Waals surface area (Å²) < 4.78 is 11.6. The number of Topliss-reactive ketones (excluding diaryl/α,β-unsaturated/α-hetero) is 1. The third-order valence-electron chi connectivity index (χ3n) is 8.96. The average molecular weight is 361 g/mol. The molecule has 0 bridgehead atoms. The van der Waals surface area contributed by atoms with E-state index in [-0.39, 0.29) is 11.3 Å². The molecule has 0 spiro atoms. The van der Waals surface area contributed by atoms with Crippen molar-refractivity contribution in [3.63, 3.8) is 0 Å². The molecule has 0 heterocycles. The Balaban J connectivity index is 1.66. The van der Waals surface area contributed by atoms with Gasteiger partial charge in [-0.2, -0.15) is 0 Å². The molecule has 3 heteroatoms. The highest BCUT2D eigenvalue weighted by molar-refractivity contribution is 5.89. The first-order valence-electron chi connectivity index (χ1n) is 10.6. The average Bonchev–Trinajstić information content (AvgIpc) is 2.84. The fourth-order valence-corrected chi connectivity index (χ4v) is 7.84. The van der Waals surface area contributed by atoms with Crippen molar-refractivity contribution >= 4 is 5.78 Å². The molecular formula is C23H36O3. The van der Waals surface area contributed by atoms with Gasteiger partial charge < -0.3 is 9.47 Å². The molecule has 0 aromatic rings. The number of hydrogen-bond acceptors (Lipinski definition) is 3. The smallest absolute Gasteiger partial charge is 0.167 e. The van der Waals surface area contributed by atoms with Crippen molar-refractivity contribution in [1.29, 1.82) is 0 Å². The first kappa shape index (κ1) is 18.7. The van der Waals surface area contributed by atoms with Gasteiger partial charge in [0.1, 0.15) is 5.78 Å². The van der Waals surface area contributed by atoms with Crippen LogP contribution in [0.15, 0.2) is 12.2 Å². The van der Waals surface area contributed by atoms with Gasteiger partial charge in [0.2, 0.25) is 0 Å². The van der Waals surface area contributed by atoms with Crippen LogP contribution in [0, 0.1) is 46.8 Å². The van der Waals surface area contributed by atoms with E-state index in [4.69, 9.17) is 9.47 Å². The quantitative estimate of drug-likeness (QED) is 0.521. The summed E-state index contributed by atoms with van der Waals surface area (Å²) in [4.78, 5) is 13.0. The van der Waals surface area contributed by atoms with Crippen molar-refractivity contribution in [2.45, 2.75) is 65.1 Å². The number of hydrogen-bond donors (Lipinski definition) is 0. The van der Waals surface area contributed by atoms with Gasteiger partial charge in [0.25, 0.3) is 0 Å². The minimum Gasteiger partial charge on any atom is -0.353 e. The van der Waals surface area contributed by atoms with Gasteiger partial charge in [0.15, 0.2) is 5.79 Å². The lowest BCUT2D eigenvalue weighted by atomic mass is 9.47. The molecule has 4 saturated carbocycles.